The van der Waals surface area contributed by atoms with Crippen LogP contribution in [0.2, 0.25) is 5.02 Å². The van der Waals surface area contributed by atoms with Gasteiger partial charge in [-0.1, -0.05) is 41.4 Å². The Hall–Kier alpha value is -4.26. The van der Waals surface area contributed by atoms with Crippen LogP contribution in [0.4, 0.5) is 22.2 Å². The van der Waals surface area contributed by atoms with E-state index in [1.54, 1.807) is 60.0 Å². The van der Waals surface area contributed by atoms with Crippen LogP contribution in [0.1, 0.15) is 10.4 Å². The first kappa shape index (κ1) is 26.4. The lowest BCUT2D eigenvalue weighted by atomic mass is 10.1. The Balaban J connectivity index is 1.24. The third kappa shape index (κ3) is 5.48. The van der Waals surface area contributed by atoms with Crippen molar-refractivity contribution in [3.05, 3.63) is 105 Å². The Morgan fingerprint density at radius 1 is 1.00 bits per heavy atom. The molecule has 1 aromatic heterocycles. The van der Waals surface area contributed by atoms with Crippen LogP contribution in [-0.2, 0) is 9.59 Å². The Labute approximate surface area is 235 Å². The monoisotopic (exact) mass is 580 g/mol. The summed E-state index contributed by atoms with van der Waals surface area (Å²) in [4.78, 5) is 43.6. The minimum absolute atomic E-state index is 0.0846. The van der Waals surface area contributed by atoms with Gasteiger partial charge in [-0.3, -0.25) is 24.9 Å². The lowest BCUT2D eigenvalue weighted by molar-refractivity contribution is -0.120. The maximum atomic E-state index is 12.9. The molecule has 0 unspecified atom stereocenters. The van der Waals surface area contributed by atoms with Gasteiger partial charge in [0, 0.05) is 27.2 Å². The van der Waals surface area contributed by atoms with Gasteiger partial charge in [0.25, 0.3) is 17.7 Å². The summed E-state index contributed by atoms with van der Waals surface area (Å²) < 4.78 is 0. The van der Waals surface area contributed by atoms with Gasteiger partial charge < -0.3 is 15.8 Å². The highest BCUT2D eigenvalue weighted by Crippen LogP contribution is 2.31. The fraction of sp³-hybridized carbons (Fsp3) is 0. The van der Waals surface area contributed by atoms with Gasteiger partial charge in [-0.2, -0.15) is 0 Å². The second-order valence-corrected chi connectivity index (χ2v) is 9.80. The number of hydrogen-bond acceptors (Lipinski definition) is 9. The minimum Gasteiger partial charge on any atom is -0.733 e. The van der Waals surface area contributed by atoms with Gasteiger partial charge in [-0.05, 0) is 54.6 Å². The predicted molar refractivity (Wildman–Crippen MR) is 150 cm³/mol. The van der Waals surface area contributed by atoms with Crippen molar-refractivity contribution in [1.82, 2.24) is 4.98 Å². The number of carbonyl (C=O) groups excluding carboxylic acids is 3. The number of amides is 3. The standard InChI is InChI=1S/C26H16Cl2N5O5S/c27-16-2-1-3-19(12-16)32-24(35)21(28)22(25(32)36)29-17-8-4-15(5-9-17)23(34)31-26-30-20(13-39-26)14-6-10-18(11-7-14)33(37)38/h1-13,29,37H,(H,30,31,34)/q-1. The summed E-state index contributed by atoms with van der Waals surface area (Å²) in [6.07, 6.45) is 0. The van der Waals surface area contributed by atoms with E-state index in [9.17, 15) is 19.6 Å². The predicted octanol–water partition coefficient (Wildman–Crippen LogP) is 5.84. The van der Waals surface area contributed by atoms with Gasteiger partial charge in [0.1, 0.15) is 10.7 Å². The van der Waals surface area contributed by atoms with E-state index in [4.69, 9.17) is 28.4 Å². The SMILES string of the molecule is O=C(Nc1nc(-c2ccc(N([O-])O)cc2)cs1)c1ccc(NC2=C(Cl)C(=O)N(c3cccc(Cl)c3)C2=O)cc1. The summed E-state index contributed by atoms with van der Waals surface area (Å²) in [7, 11) is 0. The van der Waals surface area contributed by atoms with Crippen molar-refractivity contribution in [1.29, 1.82) is 0 Å². The summed E-state index contributed by atoms with van der Waals surface area (Å²) in [5, 5.41) is 27.4. The van der Waals surface area contributed by atoms with E-state index in [-0.39, 0.29) is 21.6 Å². The molecule has 0 saturated carbocycles. The van der Waals surface area contributed by atoms with E-state index in [0.29, 0.717) is 38.3 Å². The fourth-order valence-electron chi connectivity index (χ4n) is 3.70. The molecule has 2 heterocycles. The Kier molecular flexibility index (Phi) is 7.33. The number of nitrogens with one attached hydrogen (secondary N) is 2. The number of imide groups is 1. The normalized spacial score (nSPS) is 13.2. The third-order valence-corrected chi connectivity index (χ3v) is 6.96. The van der Waals surface area contributed by atoms with Crippen molar-refractivity contribution < 1.29 is 19.6 Å². The van der Waals surface area contributed by atoms with E-state index in [0.717, 1.165) is 4.90 Å². The van der Waals surface area contributed by atoms with Gasteiger partial charge in [-0.25, -0.2) is 9.88 Å². The first-order chi connectivity index (χ1) is 18.7. The Morgan fingerprint density at radius 3 is 2.38 bits per heavy atom. The molecule has 196 valence electrons. The number of aromatic nitrogens is 1. The number of rotatable bonds is 7. The van der Waals surface area contributed by atoms with Gasteiger partial charge in [0.2, 0.25) is 0 Å². The summed E-state index contributed by atoms with van der Waals surface area (Å²) in [5.74, 6) is -1.72. The highest BCUT2D eigenvalue weighted by Gasteiger charge is 2.39. The number of anilines is 4. The summed E-state index contributed by atoms with van der Waals surface area (Å²) in [6.45, 7) is 0. The van der Waals surface area contributed by atoms with Crippen LogP contribution in [0.25, 0.3) is 11.3 Å². The molecule has 10 nitrogen and oxygen atoms in total. The zero-order chi connectivity index (χ0) is 27.7. The first-order valence-corrected chi connectivity index (χ1v) is 12.8. The third-order valence-electron chi connectivity index (χ3n) is 5.62. The largest absolute Gasteiger partial charge is 0.733 e. The van der Waals surface area contributed by atoms with E-state index in [1.807, 2.05) is 0 Å². The van der Waals surface area contributed by atoms with Gasteiger partial charge in [0.15, 0.2) is 5.13 Å². The fourth-order valence-corrected chi connectivity index (χ4v) is 4.81. The average Bonchev–Trinajstić information content (AvgIpc) is 3.47. The van der Waals surface area contributed by atoms with Gasteiger partial charge in [-0.15, -0.1) is 11.3 Å². The smallest absolute Gasteiger partial charge is 0.283 e. The van der Waals surface area contributed by atoms with Crippen LogP contribution in [0, 0.1) is 5.21 Å². The maximum Gasteiger partial charge on any atom is 0.283 e. The molecular formula is C26H16Cl2N5O5S-. The Bertz CT molecular complexity index is 1620. The van der Waals surface area contributed by atoms with Crippen LogP contribution in [0.3, 0.4) is 0 Å². The molecule has 3 N–H and O–H groups in total. The van der Waals surface area contributed by atoms with Crippen molar-refractivity contribution in [3.63, 3.8) is 0 Å². The summed E-state index contributed by atoms with van der Waals surface area (Å²) >= 11 is 13.4. The molecule has 0 radical (unpaired) electrons. The molecule has 0 aliphatic carbocycles. The molecule has 0 spiro atoms. The topological polar surface area (TPSA) is 138 Å². The van der Waals surface area contributed by atoms with E-state index >= 15 is 0 Å². The lowest BCUT2D eigenvalue weighted by Gasteiger charge is -2.21. The van der Waals surface area contributed by atoms with Gasteiger partial charge in [0.05, 0.1) is 17.1 Å². The molecule has 0 fully saturated rings. The molecule has 1 aliphatic rings. The van der Waals surface area contributed by atoms with Crippen molar-refractivity contribution in [2.75, 3.05) is 20.8 Å². The van der Waals surface area contributed by atoms with Gasteiger partial charge >= 0.3 is 0 Å². The van der Waals surface area contributed by atoms with Crippen LogP contribution in [0.5, 0.6) is 0 Å². The van der Waals surface area contributed by atoms with Crippen molar-refractivity contribution in [2.45, 2.75) is 0 Å². The molecule has 3 amide bonds. The zero-order valence-corrected chi connectivity index (χ0v) is 21.9. The minimum atomic E-state index is -0.679. The second-order valence-electron chi connectivity index (χ2n) is 8.13. The van der Waals surface area contributed by atoms with Crippen molar-refractivity contribution in [3.8, 4) is 11.3 Å². The molecule has 13 heteroatoms. The number of hydrogen-bond donors (Lipinski definition) is 3. The van der Waals surface area contributed by atoms with Crippen LogP contribution >= 0.6 is 34.5 Å². The van der Waals surface area contributed by atoms with Crippen LogP contribution < -0.4 is 20.8 Å². The highest BCUT2D eigenvalue weighted by atomic mass is 35.5. The van der Waals surface area contributed by atoms with Crippen LogP contribution in [0.15, 0.2) is 88.9 Å². The number of carbonyl (C=O) groups is 3. The first-order valence-electron chi connectivity index (χ1n) is 11.2. The quantitative estimate of drug-likeness (QED) is 0.183. The molecular weight excluding hydrogens is 565 g/mol. The summed E-state index contributed by atoms with van der Waals surface area (Å²) in [6, 6.07) is 18.7. The lowest BCUT2D eigenvalue weighted by Crippen LogP contribution is -2.32. The van der Waals surface area contributed by atoms with E-state index < -0.39 is 17.7 Å². The number of halogens is 2. The number of nitrogens with zero attached hydrogens (tertiary/aromatic N) is 3. The summed E-state index contributed by atoms with van der Waals surface area (Å²) in [5.41, 5.74) is 2.34. The highest BCUT2D eigenvalue weighted by molar-refractivity contribution is 7.14. The molecule has 1 aliphatic heterocycles. The van der Waals surface area contributed by atoms with E-state index in [2.05, 4.69) is 15.6 Å². The number of thiazole rings is 1. The molecule has 4 aromatic rings. The molecule has 5 rings (SSSR count). The molecule has 0 atom stereocenters. The van der Waals surface area contributed by atoms with Crippen LogP contribution in [-0.4, -0.2) is 27.9 Å². The second kappa shape index (κ2) is 10.8. The van der Waals surface area contributed by atoms with E-state index in [1.165, 1.54) is 29.5 Å². The maximum absolute atomic E-state index is 12.9. The van der Waals surface area contributed by atoms with Crippen molar-refractivity contribution >= 4 is 74.5 Å². The average molecular weight is 581 g/mol. The number of benzene rings is 3. The zero-order valence-electron chi connectivity index (χ0n) is 19.6. The molecule has 0 bridgehead atoms. The molecule has 3 aromatic carbocycles. The molecule has 0 saturated heterocycles. The van der Waals surface area contributed by atoms with Crippen molar-refractivity contribution in [2.24, 2.45) is 0 Å². The molecule has 39 heavy (non-hydrogen) atoms. The Morgan fingerprint density at radius 2 is 1.72 bits per heavy atom.